The van der Waals surface area contributed by atoms with Crippen LogP contribution in [0, 0.1) is 11.6 Å². The van der Waals surface area contributed by atoms with Crippen molar-refractivity contribution in [3.05, 3.63) is 35.4 Å². The lowest BCUT2D eigenvalue weighted by molar-refractivity contribution is 0.00545. The van der Waals surface area contributed by atoms with E-state index >= 15 is 0 Å². The van der Waals surface area contributed by atoms with Gasteiger partial charge >= 0.3 is 0 Å². The molecule has 7 heteroatoms. The Bertz CT molecular complexity index is 478. The molecule has 0 radical (unpaired) electrons. The quantitative estimate of drug-likeness (QED) is 0.768. The number of hydrogen-bond donors (Lipinski definition) is 2. The summed E-state index contributed by atoms with van der Waals surface area (Å²) in [6.45, 7) is 3.75. The number of likely N-dealkylation sites (N-methyl/N-ethyl adjacent to an activating group) is 1. The molecule has 1 heterocycles. The van der Waals surface area contributed by atoms with Crippen LogP contribution in [0.5, 0.6) is 0 Å². The van der Waals surface area contributed by atoms with Crippen LogP contribution in [0.25, 0.3) is 0 Å². The monoisotopic (exact) mass is 330 g/mol. The van der Waals surface area contributed by atoms with Crippen LogP contribution in [0.15, 0.2) is 18.2 Å². The molecule has 23 heavy (non-hydrogen) atoms. The number of hydrogen-bond acceptors (Lipinski definition) is 5. The number of rotatable bonds is 7. The van der Waals surface area contributed by atoms with E-state index in [-0.39, 0.29) is 12.1 Å². The summed E-state index contributed by atoms with van der Waals surface area (Å²) in [4.78, 5) is 3.77. The van der Waals surface area contributed by atoms with Crippen LogP contribution in [-0.2, 0) is 4.74 Å². The zero-order valence-electron chi connectivity index (χ0n) is 13.3. The van der Waals surface area contributed by atoms with Crippen LogP contribution in [0.4, 0.5) is 8.78 Å². The van der Waals surface area contributed by atoms with Gasteiger partial charge in [-0.3, -0.25) is 4.90 Å². The molecule has 0 aliphatic carbocycles. The second kappa shape index (κ2) is 8.65. The Morgan fingerprint density at radius 1 is 1.17 bits per heavy atom. The Balaban J connectivity index is 1.82. The van der Waals surface area contributed by atoms with Gasteiger partial charge in [0.1, 0.15) is 11.6 Å². The summed E-state index contributed by atoms with van der Waals surface area (Å²) in [5.74, 6) is -1.53. The van der Waals surface area contributed by atoms with Crippen LogP contribution >= 0.6 is 0 Å². The summed E-state index contributed by atoms with van der Waals surface area (Å²) in [7, 11) is 1.70. The number of β-amino-alcohol motifs (C(OH)–C–C–N with tert-alkyl or cyclic N) is 1. The van der Waals surface area contributed by atoms with Crippen LogP contribution in [0.2, 0.25) is 0 Å². The topological polar surface area (TPSA) is 56.2 Å². The van der Waals surface area contributed by atoms with Gasteiger partial charge in [-0.25, -0.2) is 8.78 Å². The molecule has 1 aromatic rings. The summed E-state index contributed by atoms with van der Waals surface area (Å²) in [6.07, 6.45) is -1.88. The maximum Gasteiger partial charge on any atom is 0.131 e. The molecule has 1 aliphatic rings. The van der Waals surface area contributed by atoms with E-state index in [0.717, 1.165) is 25.2 Å². The van der Waals surface area contributed by atoms with Gasteiger partial charge in [-0.05, 0) is 19.2 Å². The maximum atomic E-state index is 13.6. The Morgan fingerprint density at radius 2 is 1.78 bits per heavy atom. The van der Waals surface area contributed by atoms with Crippen molar-refractivity contribution >= 4 is 0 Å². The molecular formula is C16H24F2N2O3. The van der Waals surface area contributed by atoms with E-state index in [2.05, 4.69) is 4.90 Å². The normalized spacial score (nSPS) is 19.0. The SMILES string of the molecule is CN(CC(O)CN1CCOCC1)CC(O)c1c(F)cccc1F. The molecule has 1 aromatic carbocycles. The number of nitrogens with zero attached hydrogens (tertiary/aromatic N) is 2. The van der Waals surface area contributed by atoms with Crippen LogP contribution in [-0.4, -0.2) is 79.1 Å². The van der Waals surface area contributed by atoms with Gasteiger partial charge in [0.05, 0.1) is 31.0 Å². The molecule has 5 nitrogen and oxygen atoms in total. The molecule has 0 amide bonds. The molecule has 130 valence electrons. The lowest BCUT2D eigenvalue weighted by Crippen LogP contribution is -2.44. The lowest BCUT2D eigenvalue weighted by atomic mass is 10.1. The van der Waals surface area contributed by atoms with E-state index in [1.807, 2.05) is 0 Å². The van der Waals surface area contributed by atoms with Gasteiger partial charge in [0.2, 0.25) is 0 Å². The van der Waals surface area contributed by atoms with E-state index in [4.69, 9.17) is 4.74 Å². The minimum absolute atomic E-state index is 0.0397. The van der Waals surface area contributed by atoms with Crippen LogP contribution in [0.1, 0.15) is 11.7 Å². The van der Waals surface area contributed by atoms with E-state index < -0.39 is 23.8 Å². The van der Waals surface area contributed by atoms with Gasteiger partial charge in [0.15, 0.2) is 0 Å². The Morgan fingerprint density at radius 3 is 2.39 bits per heavy atom. The molecular weight excluding hydrogens is 306 g/mol. The molecule has 2 unspecified atom stereocenters. The zero-order valence-corrected chi connectivity index (χ0v) is 13.3. The largest absolute Gasteiger partial charge is 0.390 e. The van der Waals surface area contributed by atoms with Gasteiger partial charge in [-0.1, -0.05) is 6.07 Å². The number of aliphatic hydroxyl groups excluding tert-OH is 2. The predicted octanol–water partition coefficient (Wildman–Crippen LogP) is 0.623. The van der Waals surface area contributed by atoms with Crippen molar-refractivity contribution in [1.82, 2.24) is 9.80 Å². The summed E-state index contributed by atoms with van der Waals surface area (Å²) < 4.78 is 32.5. The minimum atomic E-state index is -1.28. The molecule has 2 atom stereocenters. The first kappa shape index (κ1) is 18.2. The number of benzene rings is 1. The van der Waals surface area contributed by atoms with Crippen molar-refractivity contribution in [2.45, 2.75) is 12.2 Å². The second-order valence-corrected chi connectivity index (χ2v) is 5.94. The summed E-state index contributed by atoms with van der Waals surface area (Å²) in [5, 5.41) is 20.2. The van der Waals surface area contributed by atoms with E-state index in [0.29, 0.717) is 26.3 Å². The molecule has 0 spiro atoms. The first-order valence-electron chi connectivity index (χ1n) is 7.76. The highest BCUT2D eigenvalue weighted by Gasteiger charge is 2.21. The minimum Gasteiger partial charge on any atom is -0.390 e. The van der Waals surface area contributed by atoms with Gasteiger partial charge in [-0.15, -0.1) is 0 Å². The standard InChI is InChI=1S/C16H24F2N2O3/c1-19(9-12(21)10-20-5-7-23-8-6-20)11-15(22)16-13(17)3-2-4-14(16)18/h2-4,12,15,21-22H,5-11H2,1H3. The molecule has 1 saturated heterocycles. The third-order valence-corrected chi connectivity index (χ3v) is 3.91. The molecule has 2 N–H and O–H groups in total. The third-order valence-electron chi connectivity index (χ3n) is 3.91. The highest BCUT2D eigenvalue weighted by Crippen LogP contribution is 2.21. The number of aliphatic hydroxyl groups is 2. The maximum absolute atomic E-state index is 13.6. The van der Waals surface area contributed by atoms with Crippen LogP contribution < -0.4 is 0 Å². The van der Waals surface area contributed by atoms with Crippen molar-refractivity contribution in [3.63, 3.8) is 0 Å². The van der Waals surface area contributed by atoms with Crippen molar-refractivity contribution in [1.29, 1.82) is 0 Å². The molecule has 1 aliphatic heterocycles. The number of halogens is 2. The summed E-state index contributed by atoms with van der Waals surface area (Å²) in [6, 6.07) is 3.50. The number of morpholine rings is 1. The van der Waals surface area contributed by atoms with Crippen molar-refractivity contribution in [2.24, 2.45) is 0 Å². The average Bonchev–Trinajstić information content (AvgIpc) is 2.47. The fraction of sp³-hybridized carbons (Fsp3) is 0.625. The summed E-state index contributed by atoms with van der Waals surface area (Å²) in [5.41, 5.74) is -0.331. The van der Waals surface area contributed by atoms with E-state index in [1.165, 1.54) is 6.07 Å². The van der Waals surface area contributed by atoms with Gasteiger partial charge < -0.3 is 19.8 Å². The molecule has 1 fully saturated rings. The van der Waals surface area contributed by atoms with Crippen molar-refractivity contribution in [3.8, 4) is 0 Å². The second-order valence-electron chi connectivity index (χ2n) is 5.94. The first-order valence-corrected chi connectivity index (χ1v) is 7.76. The van der Waals surface area contributed by atoms with E-state index in [9.17, 15) is 19.0 Å². The molecule has 0 aromatic heterocycles. The Kier molecular flexibility index (Phi) is 6.86. The number of ether oxygens (including phenoxy) is 1. The Hall–Kier alpha value is -1.12. The van der Waals surface area contributed by atoms with Crippen LogP contribution in [0.3, 0.4) is 0 Å². The fourth-order valence-electron chi connectivity index (χ4n) is 2.79. The fourth-order valence-corrected chi connectivity index (χ4v) is 2.79. The van der Waals surface area contributed by atoms with E-state index in [1.54, 1.807) is 11.9 Å². The Labute approximate surface area is 135 Å². The average molecular weight is 330 g/mol. The predicted molar refractivity (Wildman–Crippen MR) is 82.1 cm³/mol. The van der Waals surface area contributed by atoms with Gasteiger partial charge in [-0.2, -0.15) is 0 Å². The smallest absolute Gasteiger partial charge is 0.131 e. The zero-order chi connectivity index (χ0) is 16.8. The van der Waals surface area contributed by atoms with Gasteiger partial charge in [0, 0.05) is 32.7 Å². The molecule has 0 saturated carbocycles. The van der Waals surface area contributed by atoms with Crippen molar-refractivity contribution in [2.75, 3.05) is 53.0 Å². The molecule has 2 rings (SSSR count). The van der Waals surface area contributed by atoms with Gasteiger partial charge in [0.25, 0.3) is 0 Å². The molecule has 0 bridgehead atoms. The lowest BCUT2D eigenvalue weighted by Gasteiger charge is -2.30. The third kappa shape index (κ3) is 5.47. The summed E-state index contributed by atoms with van der Waals surface area (Å²) >= 11 is 0. The van der Waals surface area contributed by atoms with Crippen molar-refractivity contribution < 1.29 is 23.7 Å². The highest BCUT2D eigenvalue weighted by atomic mass is 19.1. The first-order chi connectivity index (χ1) is 11.0. The highest BCUT2D eigenvalue weighted by molar-refractivity contribution is 5.22.